The molecule has 0 bridgehead atoms. The van der Waals surface area contributed by atoms with Crippen molar-refractivity contribution in [3.05, 3.63) is 34.7 Å². The fourth-order valence-corrected chi connectivity index (χ4v) is 5.55. The number of para-hydroxylation sites is 1. The van der Waals surface area contributed by atoms with Gasteiger partial charge in [-0.15, -0.1) is 11.8 Å². The molecule has 0 radical (unpaired) electrons. The van der Waals surface area contributed by atoms with Gasteiger partial charge >= 0.3 is 0 Å². The van der Waals surface area contributed by atoms with Crippen molar-refractivity contribution in [1.29, 1.82) is 0 Å². The molecule has 2 aliphatic rings. The van der Waals surface area contributed by atoms with Crippen LogP contribution in [0.2, 0.25) is 0 Å². The number of nitrogens with zero attached hydrogens (tertiary/aromatic N) is 3. The highest BCUT2D eigenvalue weighted by atomic mass is 32.2. The maximum atomic E-state index is 4.80. The van der Waals surface area contributed by atoms with Crippen molar-refractivity contribution < 1.29 is 0 Å². The van der Waals surface area contributed by atoms with E-state index in [0.29, 0.717) is 6.04 Å². The van der Waals surface area contributed by atoms with E-state index in [1.165, 1.54) is 37.9 Å². The molecule has 1 aromatic carbocycles. The highest BCUT2D eigenvalue weighted by Crippen LogP contribution is 2.31. The number of aromatic nitrogens is 2. The summed E-state index contributed by atoms with van der Waals surface area (Å²) in [6.45, 7) is 4.48. The predicted molar refractivity (Wildman–Crippen MR) is 126 cm³/mol. The third-order valence-electron chi connectivity index (χ3n) is 6.13. The monoisotopic (exact) mass is 411 g/mol. The van der Waals surface area contributed by atoms with Crippen LogP contribution in [0.3, 0.4) is 0 Å². The first kappa shape index (κ1) is 20.5. The zero-order chi connectivity index (χ0) is 20.2. The molecular weight excluding hydrogens is 378 g/mol. The van der Waals surface area contributed by atoms with E-state index in [1.54, 1.807) is 10.5 Å². The van der Waals surface area contributed by atoms with Crippen molar-refractivity contribution in [2.75, 3.05) is 43.2 Å². The lowest BCUT2D eigenvalue weighted by atomic mass is 9.86. The van der Waals surface area contributed by atoms with Crippen LogP contribution in [0.15, 0.2) is 34.7 Å². The molecule has 0 spiro atoms. The van der Waals surface area contributed by atoms with Gasteiger partial charge in [0.05, 0.1) is 5.52 Å². The minimum atomic E-state index is 0.470. The van der Waals surface area contributed by atoms with Gasteiger partial charge in [-0.05, 0) is 68.5 Å². The fourth-order valence-electron chi connectivity index (χ4n) is 4.34. The highest BCUT2D eigenvalue weighted by Gasteiger charge is 2.22. The molecule has 4 rings (SSSR count). The highest BCUT2D eigenvalue weighted by molar-refractivity contribution is 8.03. The molecule has 1 saturated carbocycles. The summed E-state index contributed by atoms with van der Waals surface area (Å²) in [5, 5.41) is 8.42. The third kappa shape index (κ3) is 5.04. The molecule has 1 fully saturated rings. The van der Waals surface area contributed by atoms with Crippen LogP contribution in [-0.2, 0) is 0 Å². The summed E-state index contributed by atoms with van der Waals surface area (Å²) in [5.74, 6) is 3.79. The molecule has 5 nitrogen and oxygen atoms in total. The molecule has 29 heavy (non-hydrogen) atoms. The van der Waals surface area contributed by atoms with Gasteiger partial charge in [-0.3, -0.25) is 0 Å². The van der Waals surface area contributed by atoms with Gasteiger partial charge in [0.2, 0.25) is 5.95 Å². The van der Waals surface area contributed by atoms with Gasteiger partial charge in [0, 0.05) is 37.8 Å². The summed E-state index contributed by atoms with van der Waals surface area (Å²) >= 11 is 2.03. The van der Waals surface area contributed by atoms with Crippen LogP contribution in [0.5, 0.6) is 0 Å². The second kappa shape index (κ2) is 9.35. The Bertz CT molecular complexity index is 871. The summed E-state index contributed by atoms with van der Waals surface area (Å²) in [5.41, 5.74) is 2.59. The molecule has 0 amide bonds. The van der Waals surface area contributed by atoms with Crippen LogP contribution in [0, 0.1) is 5.92 Å². The summed E-state index contributed by atoms with van der Waals surface area (Å²) in [6.07, 6.45) is 6.19. The SMILES string of the molecule is CC1=C(CNCC2CCC(Nc3nc(N(C)C)c4ccccc4n3)CC2)SCC1. The number of rotatable bonds is 7. The van der Waals surface area contributed by atoms with Crippen molar-refractivity contribution in [3.8, 4) is 0 Å². The molecule has 2 heterocycles. The Morgan fingerprint density at radius 3 is 2.62 bits per heavy atom. The van der Waals surface area contributed by atoms with E-state index in [4.69, 9.17) is 9.97 Å². The molecular formula is C23H33N5S. The smallest absolute Gasteiger partial charge is 0.225 e. The van der Waals surface area contributed by atoms with E-state index < -0.39 is 0 Å². The summed E-state index contributed by atoms with van der Waals surface area (Å²) in [7, 11) is 4.08. The minimum absolute atomic E-state index is 0.470. The Morgan fingerprint density at radius 2 is 1.90 bits per heavy atom. The molecule has 1 aromatic heterocycles. The van der Waals surface area contributed by atoms with Crippen LogP contribution >= 0.6 is 11.8 Å². The molecule has 1 aliphatic carbocycles. The first-order valence-corrected chi connectivity index (χ1v) is 11.8. The average Bonchev–Trinajstić information content (AvgIpc) is 3.13. The Labute approximate surface area is 178 Å². The zero-order valence-corrected chi connectivity index (χ0v) is 18.7. The van der Waals surface area contributed by atoms with Crippen LogP contribution < -0.4 is 15.5 Å². The van der Waals surface area contributed by atoms with E-state index in [9.17, 15) is 0 Å². The minimum Gasteiger partial charge on any atom is -0.362 e. The Morgan fingerprint density at radius 1 is 1.10 bits per heavy atom. The van der Waals surface area contributed by atoms with Crippen LogP contribution in [0.1, 0.15) is 39.0 Å². The van der Waals surface area contributed by atoms with Crippen LogP contribution in [0.4, 0.5) is 11.8 Å². The van der Waals surface area contributed by atoms with Crippen LogP contribution in [-0.4, -0.2) is 48.9 Å². The largest absolute Gasteiger partial charge is 0.362 e. The number of anilines is 2. The van der Waals surface area contributed by atoms with E-state index in [-0.39, 0.29) is 0 Å². The number of fused-ring (bicyclic) bond motifs is 1. The lowest BCUT2D eigenvalue weighted by Gasteiger charge is -2.29. The standard InChI is InChI=1S/C23H33N5S/c1-16-12-13-29-21(16)15-24-14-17-8-10-18(11-9-17)25-23-26-20-7-5-4-6-19(20)22(27-23)28(2)3/h4-7,17-18,24H,8-15H2,1-3H3,(H,25,26,27). The molecule has 6 heteroatoms. The van der Waals surface area contributed by atoms with Gasteiger partial charge in [-0.1, -0.05) is 17.7 Å². The zero-order valence-electron chi connectivity index (χ0n) is 17.9. The van der Waals surface area contributed by atoms with Gasteiger partial charge < -0.3 is 15.5 Å². The van der Waals surface area contributed by atoms with Gasteiger partial charge in [-0.25, -0.2) is 4.98 Å². The quantitative estimate of drug-likeness (QED) is 0.691. The summed E-state index contributed by atoms with van der Waals surface area (Å²) < 4.78 is 0. The van der Waals surface area contributed by atoms with Gasteiger partial charge in [0.25, 0.3) is 0 Å². The Kier molecular flexibility index (Phi) is 6.60. The second-order valence-electron chi connectivity index (χ2n) is 8.58. The number of hydrogen-bond donors (Lipinski definition) is 2. The fraction of sp³-hybridized carbons (Fsp3) is 0.565. The number of thioether (sulfide) groups is 1. The van der Waals surface area contributed by atoms with E-state index in [2.05, 4.69) is 34.6 Å². The van der Waals surface area contributed by atoms with Crippen molar-refractivity contribution in [1.82, 2.24) is 15.3 Å². The molecule has 1 aliphatic heterocycles. The number of nitrogens with one attached hydrogen (secondary N) is 2. The van der Waals surface area contributed by atoms with Gasteiger partial charge in [0.15, 0.2) is 0 Å². The summed E-state index contributed by atoms with van der Waals surface area (Å²) in [4.78, 5) is 13.2. The van der Waals surface area contributed by atoms with Crippen molar-refractivity contribution in [2.24, 2.45) is 5.92 Å². The molecule has 0 unspecified atom stereocenters. The molecule has 2 N–H and O–H groups in total. The number of benzene rings is 1. The third-order valence-corrected chi connectivity index (χ3v) is 7.38. The van der Waals surface area contributed by atoms with E-state index in [0.717, 1.165) is 41.7 Å². The number of hydrogen-bond acceptors (Lipinski definition) is 6. The van der Waals surface area contributed by atoms with E-state index >= 15 is 0 Å². The molecule has 156 valence electrons. The van der Waals surface area contributed by atoms with Gasteiger partial charge in [-0.2, -0.15) is 4.98 Å². The topological polar surface area (TPSA) is 53.1 Å². The summed E-state index contributed by atoms with van der Waals surface area (Å²) in [6, 6.07) is 8.71. The first-order valence-electron chi connectivity index (χ1n) is 10.8. The Balaban J connectivity index is 1.30. The Hall–Kier alpha value is -1.79. The first-order chi connectivity index (χ1) is 14.1. The van der Waals surface area contributed by atoms with E-state index in [1.807, 2.05) is 38.0 Å². The van der Waals surface area contributed by atoms with Crippen molar-refractivity contribution in [2.45, 2.75) is 45.1 Å². The van der Waals surface area contributed by atoms with Crippen LogP contribution in [0.25, 0.3) is 10.9 Å². The van der Waals surface area contributed by atoms with Gasteiger partial charge in [0.1, 0.15) is 5.82 Å². The predicted octanol–water partition coefficient (Wildman–Crippen LogP) is 4.67. The lowest BCUT2D eigenvalue weighted by Crippen LogP contribution is -2.32. The van der Waals surface area contributed by atoms with Crippen molar-refractivity contribution in [3.63, 3.8) is 0 Å². The normalized spacial score (nSPS) is 22.3. The molecule has 0 saturated heterocycles. The number of allylic oxidation sites excluding steroid dienone is 1. The van der Waals surface area contributed by atoms with Crippen molar-refractivity contribution >= 4 is 34.4 Å². The maximum absolute atomic E-state index is 4.80. The molecule has 0 atom stereocenters. The molecule has 2 aromatic rings. The second-order valence-corrected chi connectivity index (χ2v) is 9.77. The maximum Gasteiger partial charge on any atom is 0.225 e. The lowest BCUT2D eigenvalue weighted by molar-refractivity contribution is 0.327. The average molecular weight is 412 g/mol.